The molecule has 0 saturated heterocycles. The van der Waals surface area contributed by atoms with Gasteiger partial charge in [0.1, 0.15) is 0 Å². The zero-order valence-electron chi connectivity index (χ0n) is 11.3. The second-order valence-electron chi connectivity index (χ2n) is 4.56. The summed E-state index contributed by atoms with van der Waals surface area (Å²) >= 11 is 1.60. The fourth-order valence-electron chi connectivity index (χ4n) is 1.77. The van der Waals surface area contributed by atoms with Crippen molar-refractivity contribution in [3.05, 3.63) is 47.8 Å². The molecule has 19 heavy (non-hydrogen) atoms. The Morgan fingerprint density at radius 1 is 1.26 bits per heavy atom. The van der Waals surface area contributed by atoms with Gasteiger partial charge in [-0.25, -0.2) is 9.97 Å². The number of hydrogen-bond acceptors (Lipinski definition) is 4. The molecule has 4 heteroatoms. The van der Waals surface area contributed by atoms with Gasteiger partial charge in [0.15, 0.2) is 5.16 Å². The highest BCUT2D eigenvalue weighted by atomic mass is 32.2. The van der Waals surface area contributed by atoms with E-state index in [1.807, 2.05) is 19.1 Å². The molecule has 2 aromatic rings. The Labute approximate surface area is 118 Å². The molecule has 0 aliphatic rings. The zero-order valence-corrected chi connectivity index (χ0v) is 12.2. The van der Waals surface area contributed by atoms with E-state index in [-0.39, 0.29) is 6.04 Å². The lowest BCUT2D eigenvalue weighted by Gasteiger charge is -2.12. The first-order chi connectivity index (χ1) is 9.19. The van der Waals surface area contributed by atoms with Crippen molar-refractivity contribution in [2.75, 3.05) is 0 Å². The van der Waals surface area contributed by atoms with E-state index in [1.165, 1.54) is 10.5 Å². The van der Waals surface area contributed by atoms with Crippen LogP contribution in [0.25, 0.3) is 0 Å². The van der Waals surface area contributed by atoms with Crippen LogP contribution in [-0.4, -0.2) is 16.0 Å². The fourth-order valence-corrected chi connectivity index (χ4v) is 2.70. The van der Waals surface area contributed by atoms with Gasteiger partial charge in [0.25, 0.3) is 0 Å². The van der Waals surface area contributed by atoms with Crippen molar-refractivity contribution < 1.29 is 0 Å². The van der Waals surface area contributed by atoms with Gasteiger partial charge in [0, 0.05) is 22.8 Å². The summed E-state index contributed by atoms with van der Waals surface area (Å²) in [7, 11) is 0. The van der Waals surface area contributed by atoms with Crippen molar-refractivity contribution in [2.45, 2.75) is 42.8 Å². The molecule has 100 valence electrons. The summed E-state index contributed by atoms with van der Waals surface area (Å²) in [5.41, 5.74) is 8.31. The molecule has 3 nitrogen and oxygen atoms in total. The molecule has 0 spiro atoms. The first-order valence-electron chi connectivity index (χ1n) is 6.50. The molecule has 0 fully saturated rings. The van der Waals surface area contributed by atoms with Gasteiger partial charge in [-0.05, 0) is 49.2 Å². The minimum Gasteiger partial charge on any atom is -0.327 e. The molecule has 0 aliphatic heterocycles. The van der Waals surface area contributed by atoms with Gasteiger partial charge >= 0.3 is 0 Å². The van der Waals surface area contributed by atoms with E-state index >= 15 is 0 Å². The van der Waals surface area contributed by atoms with Crippen LogP contribution in [-0.2, 0) is 6.42 Å². The summed E-state index contributed by atoms with van der Waals surface area (Å²) < 4.78 is 0. The molecule has 2 N–H and O–H groups in total. The van der Waals surface area contributed by atoms with Crippen LogP contribution in [0.15, 0.2) is 46.6 Å². The quantitative estimate of drug-likeness (QED) is 0.850. The van der Waals surface area contributed by atoms with Crippen LogP contribution >= 0.6 is 11.8 Å². The summed E-state index contributed by atoms with van der Waals surface area (Å²) in [5, 5.41) is 0.789. The number of rotatable bonds is 5. The molecule has 1 aromatic carbocycles. The normalized spacial score (nSPS) is 12.4. The lowest BCUT2D eigenvalue weighted by molar-refractivity contribution is 0.641. The van der Waals surface area contributed by atoms with Crippen LogP contribution in [0.4, 0.5) is 0 Å². The Hall–Kier alpha value is -1.39. The number of nitrogens with two attached hydrogens (primary N) is 1. The summed E-state index contributed by atoms with van der Waals surface area (Å²) in [5.74, 6) is 0. The SMILES string of the molecule is CCC(N)Cc1ccccc1Sc1nccc(C)n1. The van der Waals surface area contributed by atoms with E-state index in [0.717, 1.165) is 23.7 Å². The first kappa shape index (κ1) is 14.0. The molecule has 0 radical (unpaired) electrons. The van der Waals surface area contributed by atoms with Crippen molar-refractivity contribution in [2.24, 2.45) is 5.73 Å². The molecule has 1 heterocycles. The third kappa shape index (κ3) is 4.04. The standard InChI is InChI=1S/C15H19N3S/c1-3-13(16)10-12-6-4-5-7-14(12)19-15-17-9-8-11(2)18-15/h4-9,13H,3,10,16H2,1-2H3. The van der Waals surface area contributed by atoms with Gasteiger partial charge < -0.3 is 5.73 Å². The van der Waals surface area contributed by atoms with E-state index in [4.69, 9.17) is 5.73 Å². The molecule has 2 rings (SSSR count). The average Bonchev–Trinajstić information content (AvgIpc) is 2.41. The highest BCUT2D eigenvalue weighted by Gasteiger charge is 2.09. The third-order valence-electron chi connectivity index (χ3n) is 2.95. The van der Waals surface area contributed by atoms with E-state index in [9.17, 15) is 0 Å². The highest BCUT2D eigenvalue weighted by Crippen LogP contribution is 2.28. The second-order valence-corrected chi connectivity index (χ2v) is 5.57. The van der Waals surface area contributed by atoms with E-state index in [0.29, 0.717) is 0 Å². The number of hydrogen-bond donors (Lipinski definition) is 1. The van der Waals surface area contributed by atoms with Crippen molar-refractivity contribution in [3.8, 4) is 0 Å². The number of aromatic nitrogens is 2. The van der Waals surface area contributed by atoms with Gasteiger partial charge in [-0.1, -0.05) is 25.1 Å². The van der Waals surface area contributed by atoms with Gasteiger partial charge in [-0.3, -0.25) is 0 Å². The number of aryl methyl sites for hydroxylation is 1. The molecule has 0 saturated carbocycles. The van der Waals surface area contributed by atoms with Crippen molar-refractivity contribution >= 4 is 11.8 Å². The topological polar surface area (TPSA) is 51.8 Å². The smallest absolute Gasteiger partial charge is 0.192 e. The summed E-state index contributed by atoms with van der Waals surface area (Å²) in [6, 6.07) is 10.4. The number of nitrogens with zero attached hydrogens (tertiary/aromatic N) is 2. The third-order valence-corrected chi connectivity index (χ3v) is 3.95. The summed E-state index contributed by atoms with van der Waals surface area (Å²) in [4.78, 5) is 9.92. The van der Waals surface area contributed by atoms with E-state index in [2.05, 4.69) is 35.1 Å². The van der Waals surface area contributed by atoms with Crippen LogP contribution < -0.4 is 5.73 Å². The fraction of sp³-hybridized carbons (Fsp3) is 0.333. The molecule has 0 amide bonds. The Kier molecular flexibility index (Phi) is 4.93. The van der Waals surface area contributed by atoms with Crippen molar-refractivity contribution in [3.63, 3.8) is 0 Å². The maximum atomic E-state index is 6.05. The summed E-state index contributed by atoms with van der Waals surface area (Å²) in [6.07, 6.45) is 3.68. The Morgan fingerprint density at radius 3 is 2.79 bits per heavy atom. The first-order valence-corrected chi connectivity index (χ1v) is 7.31. The molecule has 0 bridgehead atoms. The maximum absolute atomic E-state index is 6.05. The average molecular weight is 273 g/mol. The zero-order chi connectivity index (χ0) is 13.7. The summed E-state index contributed by atoms with van der Waals surface area (Å²) in [6.45, 7) is 4.09. The molecule has 1 aromatic heterocycles. The molecular formula is C15H19N3S. The van der Waals surface area contributed by atoms with Crippen molar-refractivity contribution in [1.29, 1.82) is 0 Å². The highest BCUT2D eigenvalue weighted by molar-refractivity contribution is 7.99. The van der Waals surface area contributed by atoms with Crippen LogP contribution in [0.1, 0.15) is 24.6 Å². The second kappa shape index (κ2) is 6.68. The Balaban J connectivity index is 2.20. The van der Waals surface area contributed by atoms with Crippen LogP contribution in [0.5, 0.6) is 0 Å². The monoisotopic (exact) mass is 273 g/mol. The van der Waals surface area contributed by atoms with Gasteiger partial charge in [0.05, 0.1) is 0 Å². The minimum atomic E-state index is 0.208. The van der Waals surface area contributed by atoms with Crippen LogP contribution in [0, 0.1) is 6.92 Å². The van der Waals surface area contributed by atoms with E-state index < -0.39 is 0 Å². The minimum absolute atomic E-state index is 0.208. The van der Waals surface area contributed by atoms with Gasteiger partial charge in [0.2, 0.25) is 0 Å². The molecular weight excluding hydrogens is 254 g/mol. The van der Waals surface area contributed by atoms with Gasteiger partial charge in [-0.2, -0.15) is 0 Å². The Bertz CT molecular complexity index is 542. The van der Waals surface area contributed by atoms with Gasteiger partial charge in [-0.15, -0.1) is 0 Å². The predicted molar refractivity (Wildman–Crippen MR) is 79.3 cm³/mol. The lowest BCUT2D eigenvalue weighted by atomic mass is 10.1. The van der Waals surface area contributed by atoms with Crippen molar-refractivity contribution in [1.82, 2.24) is 9.97 Å². The molecule has 1 atom stereocenters. The van der Waals surface area contributed by atoms with Crippen LogP contribution in [0.2, 0.25) is 0 Å². The predicted octanol–water partition coefficient (Wildman–Crippen LogP) is 3.22. The lowest BCUT2D eigenvalue weighted by Crippen LogP contribution is -2.21. The van der Waals surface area contributed by atoms with E-state index in [1.54, 1.807) is 18.0 Å². The molecule has 1 unspecified atom stereocenters. The largest absolute Gasteiger partial charge is 0.327 e. The number of benzene rings is 1. The maximum Gasteiger partial charge on any atom is 0.192 e. The molecule has 0 aliphatic carbocycles. The van der Waals surface area contributed by atoms with Crippen LogP contribution in [0.3, 0.4) is 0 Å². The Morgan fingerprint density at radius 2 is 2.05 bits per heavy atom.